The second kappa shape index (κ2) is 14.2. The second-order valence-electron chi connectivity index (χ2n) is 18.2. The highest BCUT2D eigenvalue weighted by atomic mass is 32.2. The number of para-hydroxylation sites is 6. The first-order valence-electron chi connectivity index (χ1n) is 23.4. The molecule has 11 aromatic rings. The van der Waals surface area contributed by atoms with Gasteiger partial charge >= 0.3 is 0 Å². The first-order valence-corrected chi connectivity index (χ1v) is 24.2. The van der Waals surface area contributed by atoms with Crippen molar-refractivity contribution < 1.29 is 9.15 Å². The van der Waals surface area contributed by atoms with Crippen LogP contribution in [0.3, 0.4) is 0 Å². The maximum atomic E-state index is 14.6. The van der Waals surface area contributed by atoms with Crippen LogP contribution >= 0.6 is 11.8 Å². The Balaban J connectivity index is 0.913. The number of rotatable bonds is 2. The van der Waals surface area contributed by atoms with Crippen molar-refractivity contribution in [2.75, 3.05) is 9.80 Å². The van der Waals surface area contributed by atoms with Crippen LogP contribution in [0, 0.1) is 0 Å². The zero-order valence-electron chi connectivity index (χ0n) is 37.0. The Morgan fingerprint density at radius 2 is 0.681 bits per heavy atom. The van der Waals surface area contributed by atoms with Gasteiger partial charge in [0.15, 0.2) is 0 Å². The van der Waals surface area contributed by atoms with Gasteiger partial charge in [0, 0.05) is 44.4 Å². The average Bonchev–Trinajstić information content (AvgIpc) is 3.40. The Morgan fingerprint density at radius 1 is 0.348 bits per heavy atom. The highest BCUT2D eigenvalue weighted by Crippen LogP contribution is 2.64. The van der Waals surface area contributed by atoms with Crippen molar-refractivity contribution in [2.24, 2.45) is 0 Å². The average molecular weight is 903 g/mol. The van der Waals surface area contributed by atoms with Crippen LogP contribution in [0.4, 0.5) is 34.1 Å². The van der Waals surface area contributed by atoms with Gasteiger partial charge in [0.2, 0.25) is 5.43 Å². The highest BCUT2D eigenvalue weighted by molar-refractivity contribution is 7.99. The Hall–Kier alpha value is -8.58. The molecule has 4 aliphatic rings. The SMILES string of the molecule is O=c1c2ccc(N3c4ccccc4C4(c5ccccc5Oc5ccccc54)c4ccccc43)cc2oc2cc(N3c4ccccc4C4(c5ccccc5Sc5ccccc54)c4ccccc43)ccc12. The third kappa shape index (κ3) is 5.03. The minimum atomic E-state index is -0.654. The Bertz CT molecular complexity index is 3610. The smallest absolute Gasteiger partial charge is 0.200 e. The first kappa shape index (κ1) is 38.5. The molecule has 5 heterocycles. The van der Waals surface area contributed by atoms with Gasteiger partial charge in [0.05, 0.1) is 44.4 Å². The van der Waals surface area contributed by atoms with Gasteiger partial charge in [-0.2, -0.15) is 0 Å². The Morgan fingerprint density at radius 3 is 1.10 bits per heavy atom. The first-order chi connectivity index (χ1) is 34.1. The minimum absolute atomic E-state index is 0.0653. The highest BCUT2D eigenvalue weighted by Gasteiger charge is 2.52. The second-order valence-corrected chi connectivity index (χ2v) is 19.3. The summed E-state index contributed by atoms with van der Waals surface area (Å²) < 4.78 is 13.6. The van der Waals surface area contributed by atoms with E-state index in [0.29, 0.717) is 21.9 Å². The summed E-state index contributed by atoms with van der Waals surface area (Å²) in [5, 5.41) is 1.07. The van der Waals surface area contributed by atoms with Gasteiger partial charge in [-0.1, -0.05) is 157 Å². The molecule has 2 spiro atoms. The van der Waals surface area contributed by atoms with Crippen LogP contribution in [0.5, 0.6) is 11.5 Å². The molecule has 0 radical (unpaired) electrons. The molecule has 0 atom stereocenters. The van der Waals surface area contributed by atoms with Gasteiger partial charge < -0.3 is 19.0 Å². The van der Waals surface area contributed by atoms with Crippen LogP contribution in [-0.4, -0.2) is 0 Å². The number of fused-ring (bicyclic) bond motifs is 18. The summed E-state index contributed by atoms with van der Waals surface area (Å²) in [7, 11) is 0. The normalized spacial score (nSPS) is 15.0. The van der Waals surface area contributed by atoms with Crippen LogP contribution < -0.4 is 20.0 Å². The molecule has 0 amide bonds. The Kier molecular flexibility index (Phi) is 7.94. The molecule has 0 bridgehead atoms. The van der Waals surface area contributed by atoms with E-state index in [9.17, 15) is 4.79 Å². The summed E-state index contributed by atoms with van der Waals surface area (Å²) in [6, 6.07) is 81.5. The van der Waals surface area contributed by atoms with E-state index in [1.807, 2.05) is 54.2 Å². The fraction of sp³-hybridized carbons (Fsp3) is 0.0317. The fourth-order valence-corrected chi connectivity index (χ4v) is 13.5. The topological polar surface area (TPSA) is 45.9 Å². The molecule has 6 heteroatoms. The molecule has 0 N–H and O–H groups in total. The lowest BCUT2D eigenvalue weighted by molar-refractivity contribution is 0.434. The molecule has 1 aromatic heterocycles. The predicted octanol–water partition coefficient (Wildman–Crippen LogP) is 15.8. The molecule has 0 saturated carbocycles. The fourth-order valence-electron chi connectivity index (χ4n) is 12.3. The summed E-state index contributed by atoms with van der Waals surface area (Å²) in [5.41, 5.74) is 15.2. The van der Waals surface area contributed by atoms with Crippen LogP contribution in [0.2, 0.25) is 0 Å². The molecule has 5 nitrogen and oxygen atoms in total. The molecular weight excluding hydrogens is 865 g/mol. The number of ether oxygens (including phenoxy) is 1. The van der Waals surface area contributed by atoms with Gasteiger partial charge in [-0.3, -0.25) is 4.79 Å². The van der Waals surface area contributed by atoms with E-state index in [1.54, 1.807) is 0 Å². The van der Waals surface area contributed by atoms with Gasteiger partial charge in [-0.25, -0.2) is 0 Å². The van der Waals surface area contributed by atoms with Gasteiger partial charge in [-0.05, 0) is 106 Å². The van der Waals surface area contributed by atoms with Crippen molar-refractivity contribution in [1.29, 1.82) is 0 Å². The van der Waals surface area contributed by atoms with Crippen LogP contribution in [0.25, 0.3) is 21.9 Å². The maximum absolute atomic E-state index is 14.6. The molecule has 4 aliphatic heterocycles. The van der Waals surface area contributed by atoms with E-state index in [1.165, 1.54) is 32.0 Å². The molecule has 0 aliphatic carbocycles. The number of hydrogen-bond acceptors (Lipinski definition) is 6. The lowest BCUT2D eigenvalue weighted by atomic mass is 9.61. The predicted molar refractivity (Wildman–Crippen MR) is 277 cm³/mol. The molecule has 0 unspecified atom stereocenters. The summed E-state index contributed by atoms with van der Waals surface area (Å²) in [5.74, 6) is 1.68. The van der Waals surface area contributed by atoms with Crippen LogP contribution in [0.15, 0.2) is 250 Å². The van der Waals surface area contributed by atoms with E-state index >= 15 is 0 Å². The van der Waals surface area contributed by atoms with Gasteiger partial charge in [0.25, 0.3) is 0 Å². The summed E-state index contributed by atoms with van der Waals surface area (Å²) in [4.78, 5) is 21.8. The largest absolute Gasteiger partial charge is 0.457 e. The van der Waals surface area contributed by atoms with E-state index in [0.717, 1.165) is 67.9 Å². The molecule has 10 aromatic carbocycles. The maximum Gasteiger partial charge on any atom is 0.200 e. The van der Waals surface area contributed by atoms with Crippen molar-refractivity contribution in [3.8, 4) is 11.5 Å². The van der Waals surface area contributed by atoms with Crippen molar-refractivity contribution in [1.82, 2.24) is 0 Å². The lowest BCUT2D eigenvalue weighted by Gasteiger charge is -2.48. The van der Waals surface area contributed by atoms with Crippen molar-refractivity contribution >= 4 is 67.8 Å². The van der Waals surface area contributed by atoms with Gasteiger partial charge in [0.1, 0.15) is 22.7 Å². The number of nitrogens with zero attached hydrogens (tertiary/aromatic N) is 2. The third-order valence-corrected chi connectivity index (χ3v) is 16.1. The molecule has 324 valence electrons. The molecule has 0 fully saturated rings. The summed E-state index contributed by atoms with van der Waals surface area (Å²) in [6.45, 7) is 0. The minimum Gasteiger partial charge on any atom is -0.457 e. The van der Waals surface area contributed by atoms with E-state index in [2.05, 4.69) is 198 Å². The molecule has 15 rings (SSSR count). The van der Waals surface area contributed by atoms with Crippen molar-refractivity contribution in [2.45, 2.75) is 20.6 Å². The zero-order chi connectivity index (χ0) is 45.4. The quantitative estimate of drug-likeness (QED) is 0.161. The lowest BCUT2D eigenvalue weighted by Crippen LogP contribution is -2.39. The van der Waals surface area contributed by atoms with Crippen LogP contribution in [0.1, 0.15) is 44.5 Å². The zero-order valence-corrected chi connectivity index (χ0v) is 37.8. The van der Waals surface area contributed by atoms with Crippen LogP contribution in [-0.2, 0) is 10.8 Å². The van der Waals surface area contributed by atoms with E-state index in [4.69, 9.17) is 9.15 Å². The van der Waals surface area contributed by atoms with E-state index < -0.39 is 10.8 Å². The number of hydrogen-bond donors (Lipinski definition) is 0. The summed E-state index contributed by atoms with van der Waals surface area (Å²) in [6.07, 6.45) is 0. The standard InChI is InChI=1S/C63H38N2O3S/c66-61-41-35-33-39(64-51-25-9-1-17-43(51)62(44-18-2-10-26-52(44)64)47-21-5-13-29-55(47)67-56-30-14-6-22-48(56)62)37-57(41)68-58-38-40(34-36-42(58)61)65-53-27-11-3-19-45(53)63(46-20-4-12-28-54(46)65)49-23-7-15-31-59(49)69-60-32-16-8-24-50(60)63/h1-38H. The molecule has 0 saturated heterocycles. The van der Waals surface area contributed by atoms with Gasteiger partial charge in [-0.15, -0.1) is 0 Å². The number of benzene rings is 10. The van der Waals surface area contributed by atoms with Crippen molar-refractivity contribution in [3.63, 3.8) is 0 Å². The monoisotopic (exact) mass is 902 g/mol. The third-order valence-electron chi connectivity index (χ3n) is 15.0. The number of anilines is 6. The molecule has 69 heavy (non-hydrogen) atoms. The summed E-state index contributed by atoms with van der Waals surface area (Å²) >= 11 is 1.84. The van der Waals surface area contributed by atoms with Crippen molar-refractivity contribution in [3.05, 3.63) is 285 Å². The molecular formula is C63H38N2O3S. The van der Waals surface area contributed by atoms with E-state index in [-0.39, 0.29) is 5.43 Å². The Labute approximate surface area is 402 Å².